The first-order valence-corrected chi connectivity index (χ1v) is 13.0. The maximum Gasteiger partial charge on any atom is 0.408 e. The normalized spacial score (nSPS) is 13.1. The van der Waals surface area contributed by atoms with Gasteiger partial charge in [-0.1, -0.05) is 74.5 Å². The SMILES string of the molecule is CC(C)C[C@@H](NC(=O)[C@@H](Cc1cnc[nH]1)NC(=O)[C@@H](Cc1ccccc1)NC(=O)OCc1ccccc1)C(=O)O. The average Bonchev–Trinajstić information content (AvgIpc) is 3.45. The van der Waals surface area contributed by atoms with E-state index >= 15 is 0 Å². The van der Waals surface area contributed by atoms with E-state index in [1.807, 2.05) is 74.5 Å². The van der Waals surface area contributed by atoms with Gasteiger partial charge in [0, 0.05) is 24.7 Å². The predicted molar refractivity (Wildman–Crippen MR) is 147 cm³/mol. The van der Waals surface area contributed by atoms with E-state index in [2.05, 4.69) is 25.9 Å². The number of aliphatic carboxylic acids is 1. The number of carboxylic acids is 1. The molecule has 1 heterocycles. The van der Waals surface area contributed by atoms with E-state index in [1.165, 1.54) is 12.5 Å². The van der Waals surface area contributed by atoms with Crippen LogP contribution in [0, 0.1) is 5.92 Å². The van der Waals surface area contributed by atoms with E-state index in [1.54, 1.807) is 0 Å². The van der Waals surface area contributed by atoms with Crippen LogP contribution in [0.3, 0.4) is 0 Å². The van der Waals surface area contributed by atoms with Crippen molar-refractivity contribution in [2.75, 3.05) is 0 Å². The summed E-state index contributed by atoms with van der Waals surface area (Å²) >= 11 is 0. The number of carbonyl (C=O) groups excluding carboxylic acids is 3. The number of H-pyrrole nitrogens is 1. The second-order valence-electron chi connectivity index (χ2n) is 9.82. The van der Waals surface area contributed by atoms with Gasteiger partial charge in [0.1, 0.15) is 24.7 Å². The molecule has 3 amide bonds. The third-order valence-electron chi connectivity index (χ3n) is 6.04. The van der Waals surface area contributed by atoms with Gasteiger partial charge < -0.3 is 30.8 Å². The number of amides is 3. The van der Waals surface area contributed by atoms with Crippen LogP contribution in [-0.2, 0) is 38.6 Å². The minimum Gasteiger partial charge on any atom is -0.480 e. The number of hydrogen-bond donors (Lipinski definition) is 5. The molecule has 0 radical (unpaired) electrons. The first-order valence-electron chi connectivity index (χ1n) is 13.0. The first kappa shape index (κ1) is 29.9. The molecule has 0 fully saturated rings. The Morgan fingerprint density at radius 2 is 1.40 bits per heavy atom. The maximum atomic E-state index is 13.5. The molecule has 0 unspecified atom stereocenters. The quantitative estimate of drug-likeness (QED) is 0.206. The van der Waals surface area contributed by atoms with Gasteiger partial charge in [0.25, 0.3) is 0 Å². The molecular formula is C29H35N5O6. The molecule has 11 nitrogen and oxygen atoms in total. The van der Waals surface area contributed by atoms with Gasteiger partial charge in [-0.15, -0.1) is 0 Å². The zero-order valence-electron chi connectivity index (χ0n) is 22.5. The van der Waals surface area contributed by atoms with E-state index in [4.69, 9.17) is 4.74 Å². The molecule has 3 rings (SSSR count). The number of nitrogens with one attached hydrogen (secondary N) is 4. The Labute approximate surface area is 232 Å². The Hall–Kier alpha value is -4.67. The monoisotopic (exact) mass is 549 g/mol. The summed E-state index contributed by atoms with van der Waals surface area (Å²) in [6, 6.07) is 14.9. The fourth-order valence-electron chi connectivity index (χ4n) is 4.03. The minimum absolute atomic E-state index is 0.0170. The van der Waals surface area contributed by atoms with Crippen molar-refractivity contribution in [2.45, 2.75) is 57.8 Å². The maximum absolute atomic E-state index is 13.5. The standard InChI is InChI=1S/C29H35N5O6/c1-19(2)13-25(28(37)38)33-27(36)24(15-22-16-30-18-31-22)32-26(35)23(14-20-9-5-3-6-10-20)34-29(39)40-17-21-11-7-4-8-12-21/h3-12,16,18-19,23-25H,13-15,17H2,1-2H3,(H,30,31)(H,32,35)(H,33,36)(H,34,39)(H,37,38)/t23-,24-,25-/m1/s1. The largest absolute Gasteiger partial charge is 0.480 e. The number of benzene rings is 2. The summed E-state index contributed by atoms with van der Waals surface area (Å²) < 4.78 is 5.31. The van der Waals surface area contributed by atoms with Gasteiger partial charge in [0.05, 0.1) is 6.33 Å². The number of rotatable bonds is 14. The van der Waals surface area contributed by atoms with Gasteiger partial charge in [0.2, 0.25) is 11.8 Å². The lowest BCUT2D eigenvalue weighted by molar-refractivity contribution is -0.142. The van der Waals surface area contributed by atoms with Crippen LogP contribution in [0.5, 0.6) is 0 Å². The first-order chi connectivity index (χ1) is 19.2. The minimum atomic E-state index is -1.17. The number of ether oxygens (including phenoxy) is 1. The van der Waals surface area contributed by atoms with Crippen molar-refractivity contribution in [1.29, 1.82) is 0 Å². The number of hydrogen-bond acceptors (Lipinski definition) is 6. The van der Waals surface area contributed by atoms with Gasteiger partial charge in [-0.05, 0) is 23.5 Å². The molecule has 3 aromatic rings. The number of aromatic nitrogens is 2. The molecule has 11 heteroatoms. The molecule has 3 atom stereocenters. The molecule has 0 aliphatic carbocycles. The molecular weight excluding hydrogens is 514 g/mol. The molecule has 0 spiro atoms. The number of imidazole rings is 1. The highest BCUT2D eigenvalue weighted by atomic mass is 16.5. The van der Waals surface area contributed by atoms with Crippen LogP contribution in [0.2, 0.25) is 0 Å². The van der Waals surface area contributed by atoms with Crippen molar-refractivity contribution in [1.82, 2.24) is 25.9 Å². The van der Waals surface area contributed by atoms with Crippen molar-refractivity contribution in [3.8, 4) is 0 Å². The lowest BCUT2D eigenvalue weighted by Gasteiger charge is -2.25. The molecule has 1 aromatic heterocycles. The molecule has 40 heavy (non-hydrogen) atoms. The molecule has 0 saturated heterocycles. The van der Waals surface area contributed by atoms with Crippen molar-refractivity contribution in [3.05, 3.63) is 90.0 Å². The smallest absolute Gasteiger partial charge is 0.408 e. The molecule has 5 N–H and O–H groups in total. The highest BCUT2D eigenvalue weighted by Crippen LogP contribution is 2.09. The zero-order valence-corrected chi connectivity index (χ0v) is 22.5. The number of nitrogens with zero attached hydrogens (tertiary/aromatic N) is 1. The van der Waals surface area contributed by atoms with Gasteiger partial charge >= 0.3 is 12.1 Å². The van der Waals surface area contributed by atoms with Crippen LogP contribution >= 0.6 is 0 Å². The Bertz CT molecular complexity index is 1230. The van der Waals surface area contributed by atoms with Crippen molar-refractivity contribution >= 4 is 23.9 Å². The highest BCUT2D eigenvalue weighted by molar-refractivity contribution is 5.93. The fourth-order valence-corrected chi connectivity index (χ4v) is 4.03. The molecule has 0 saturated carbocycles. The second-order valence-corrected chi connectivity index (χ2v) is 9.82. The Morgan fingerprint density at radius 1 is 0.825 bits per heavy atom. The summed E-state index contributed by atoms with van der Waals surface area (Å²) in [7, 11) is 0. The van der Waals surface area contributed by atoms with Crippen LogP contribution in [0.15, 0.2) is 73.2 Å². The number of alkyl carbamates (subject to hydrolysis) is 1. The van der Waals surface area contributed by atoms with E-state index in [-0.39, 0.29) is 31.8 Å². The van der Waals surface area contributed by atoms with E-state index in [0.717, 1.165) is 11.1 Å². The molecule has 0 aliphatic rings. The van der Waals surface area contributed by atoms with Gasteiger partial charge in [0.15, 0.2) is 0 Å². The average molecular weight is 550 g/mol. The van der Waals surface area contributed by atoms with E-state index < -0.39 is 42.0 Å². The number of aromatic amines is 1. The second kappa shape index (κ2) is 15.1. The van der Waals surface area contributed by atoms with Crippen LogP contribution in [0.1, 0.15) is 37.1 Å². The lowest BCUT2D eigenvalue weighted by atomic mass is 10.0. The predicted octanol–water partition coefficient (Wildman–Crippen LogP) is 2.59. The summed E-state index contributed by atoms with van der Waals surface area (Å²) in [4.78, 5) is 58.0. The van der Waals surface area contributed by atoms with E-state index in [0.29, 0.717) is 5.69 Å². The van der Waals surface area contributed by atoms with Crippen LogP contribution in [-0.4, -0.2) is 57.1 Å². The highest BCUT2D eigenvalue weighted by Gasteiger charge is 2.30. The number of carbonyl (C=O) groups is 4. The summed E-state index contributed by atoms with van der Waals surface area (Å²) in [6.45, 7) is 3.72. The molecule has 212 valence electrons. The summed E-state index contributed by atoms with van der Waals surface area (Å²) in [5, 5.41) is 17.4. The molecule has 0 bridgehead atoms. The Kier molecular flexibility index (Phi) is 11.2. The fraction of sp³-hybridized carbons (Fsp3) is 0.345. The van der Waals surface area contributed by atoms with Crippen LogP contribution in [0.4, 0.5) is 4.79 Å². The van der Waals surface area contributed by atoms with Crippen LogP contribution < -0.4 is 16.0 Å². The lowest BCUT2D eigenvalue weighted by Crippen LogP contribution is -2.57. The third-order valence-corrected chi connectivity index (χ3v) is 6.04. The summed E-state index contributed by atoms with van der Waals surface area (Å²) in [5.41, 5.74) is 2.13. The van der Waals surface area contributed by atoms with Gasteiger partial charge in [-0.2, -0.15) is 0 Å². The molecule has 0 aliphatic heterocycles. The van der Waals surface area contributed by atoms with Gasteiger partial charge in [-0.3, -0.25) is 9.59 Å². The van der Waals surface area contributed by atoms with Gasteiger partial charge in [-0.25, -0.2) is 14.6 Å². The van der Waals surface area contributed by atoms with Crippen molar-refractivity contribution in [2.24, 2.45) is 5.92 Å². The van der Waals surface area contributed by atoms with Crippen molar-refractivity contribution < 1.29 is 29.0 Å². The zero-order chi connectivity index (χ0) is 28.9. The third kappa shape index (κ3) is 9.90. The Balaban J connectivity index is 1.76. The summed E-state index contributed by atoms with van der Waals surface area (Å²) in [5.74, 6) is -2.45. The van der Waals surface area contributed by atoms with Crippen LogP contribution in [0.25, 0.3) is 0 Å². The summed E-state index contributed by atoms with van der Waals surface area (Å²) in [6.07, 6.45) is 2.54. The Morgan fingerprint density at radius 3 is 1.95 bits per heavy atom. The van der Waals surface area contributed by atoms with Crippen molar-refractivity contribution in [3.63, 3.8) is 0 Å². The molecule has 2 aromatic carbocycles. The topological polar surface area (TPSA) is 163 Å². The number of carboxylic acid groups (broad SMARTS) is 1. The van der Waals surface area contributed by atoms with E-state index in [9.17, 15) is 24.3 Å².